The van der Waals surface area contributed by atoms with Crippen LogP contribution >= 0.6 is 0 Å². The highest BCUT2D eigenvalue weighted by atomic mass is 16.4. The van der Waals surface area contributed by atoms with Crippen molar-refractivity contribution in [3.63, 3.8) is 0 Å². The lowest BCUT2D eigenvalue weighted by Gasteiger charge is -2.08. The highest BCUT2D eigenvalue weighted by Gasteiger charge is 2.24. The van der Waals surface area contributed by atoms with Crippen LogP contribution in [0.1, 0.15) is 23.0 Å². The van der Waals surface area contributed by atoms with Crippen LogP contribution in [-0.2, 0) is 4.79 Å². The Balaban J connectivity index is 2.51. The van der Waals surface area contributed by atoms with Gasteiger partial charge in [0.2, 0.25) is 5.71 Å². The van der Waals surface area contributed by atoms with Crippen LogP contribution in [-0.4, -0.2) is 33.0 Å². The fraction of sp³-hybridized carbons (Fsp3) is 0.273. The molecule has 0 aliphatic rings. The first-order valence-corrected chi connectivity index (χ1v) is 5.42. The van der Waals surface area contributed by atoms with E-state index in [4.69, 9.17) is 9.52 Å². The summed E-state index contributed by atoms with van der Waals surface area (Å²) in [7, 11) is 0. The summed E-state index contributed by atoms with van der Waals surface area (Å²) < 4.78 is 5.20. The summed E-state index contributed by atoms with van der Waals surface area (Å²) in [5, 5.41) is 11.0. The highest BCUT2D eigenvalue weighted by Crippen LogP contribution is 2.20. The number of rotatable bonds is 3. The van der Waals surface area contributed by atoms with E-state index in [2.05, 4.69) is 15.3 Å². The Morgan fingerprint density at radius 2 is 2.21 bits per heavy atom. The second-order valence-electron chi connectivity index (χ2n) is 3.98. The molecule has 1 atom stereocenters. The molecule has 0 aromatic carbocycles. The number of H-pyrrole nitrogens is 1. The molecular weight excluding hydrogens is 254 g/mol. The Labute approximate surface area is 106 Å². The maximum Gasteiger partial charge on any atom is 0.325 e. The number of furan rings is 1. The molecular formula is C11H11N3O5. The molecule has 3 N–H and O–H groups in total. The van der Waals surface area contributed by atoms with E-state index in [1.807, 2.05) is 0 Å². The molecule has 0 saturated heterocycles. The monoisotopic (exact) mass is 265 g/mol. The lowest BCUT2D eigenvalue weighted by Crippen LogP contribution is -2.38. The van der Waals surface area contributed by atoms with Crippen LogP contribution in [0, 0.1) is 6.92 Å². The highest BCUT2D eigenvalue weighted by molar-refractivity contribution is 6.07. The summed E-state index contributed by atoms with van der Waals surface area (Å²) in [5.41, 5.74) is -0.484. The zero-order chi connectivity index (χ0) is 14.2. The van der Waals surface area contributed by atoms with Crippen molar-refractivity contribution in [1.82, 2.24) is 15.3 Å². The van der Waals surface area contributed by atoms with E-state index in [0.29, 0.717) is 0 Å². The molecule has 0 saturated carbocycles. The fourth-order valence-electron chi connectivity index (χ4n) is 1.66. The van der Waals surface area contributed by atoms with Gasteiger partial charge in [-0.2, -0.15) is 0 Å². The smallest absolute Gasteiger partial charge is 0.325 e. The number of nitrogens with one attached hydrogen (secondary N) is 2. The Hall–Kier alpha value is -2.64. The first-order valence-electron chi connectivity index (χ1n) is 5.42. The minimum absolute atomic E-state index is 0.00236. The number of nitrogens with zero attached hydrogens (tertiary/aromatic N) is 1. The first kappa shape index (κ1) is 12.8. The standard InChI is InChI=1S/C11H11N3O5/c1-4(11(17)18)14-9(16)6-5(2)19-10-7(6)8(15)12-3-13-10/h3-4H,1-2H3,(H,14,16)(H,17,18)(H,12,13,15)/t4-/m0/s1. The van der Waals surface area contributed by atoms with Crippen molar-refractivity contribution in [1.29, 1.82) is 0 Å². The Bertz CT molecular complexity index is 715. The van der Waals surface area contributed by atoms with E-state index in [1.165, 1.54) is 13.8 Å². The third kappa shape index (κ3) is 2.19. The molecule has 8 nitrogen and oxygen atoms in total. The summed E-state index contributed by atoms with van der Waals surface area (Å²) in [5.74, 6) is -1.66. The summed E-state index contributed by atoms with van der Waals surface area (Å²) in [6.45, 7) is 2.82. The second-order valence-corrected chi connectivity index (χ2v) is 3.98. The average Bonchev–Trinajstić information content (AvgIpc) is 2.66. The maximum absolute atomic E-state index is 12.0. The Kier molecular flexibility index (Phi) is 3.07. The Morgan fingerprint density at radius 1 is 1.53 bits per heavy atom. The SMILES string of the molecule is Cc1oc2nc[nH]c(=O)c2c1C(=O)N[C@@H](C)C(=O)O. The topological polar surface area (TPSA) is 125 Å². The van der Waals surface area contributed by atoms with Gasteiger partial charge in [0, 0.05) is 0 Å². The third-order valence-electron chi connectivity index (χ3n) is 2.62. The van der Waals surface area contributed by atoms with Crippen molar-refractivity contribution in [2.75, 3.05) is 0 Å². The van der Waals surface area contributed by atoms with Crippen LogP contribution in [0.25, 0.3) is 11.1 Å². The molecule has 0 bridgehead atoms. The average molecular weight is 265 g/mol. The van der Waals surface area contributed by atoms with E-state index in [9.17, 15) is 14.4 Å². The molecule has 0 aliphatic heterocycles. The first-order chi connectivity index (χ1) is 8.91. The van der Waals surface area contributed by atoms with Crippen molar-refractivity contribution < 1.29 is 19.1 Å². The molecule has 19 heavy (non-hydrogen) atoms. The van der Waals surface area contributed by atoms with Crippen LogP contribution in [0.2, 0.25) is 0 Å². The zero-order valence-electron chi connectivity index (χ0n) is 10.2. The molecule has 8 heteroatoms. The zero-order valence-corrected chi connectivity index (χ0v) is 10.2. The van der Waals surface area contributed by atoms with Gasteiger partial charge in [0.1, 0.15) is 17.2 Å². The largest absolute Gasteiger partial charge is 0.480 e. The van der Waals surface area contributed by atoms with Gasteiger partial charge in [0.05, 0.1) is 11.9 Å². The summed E-state index contributed by atoms with van der Waals surface area (Å²) in [4.78, 5) is 40.5. The Morgan fingerprint density at radius 3 is 2.84 bits per heavy atom. The molecule has 0 aliphatic carbocycles. The predicted octanol–water partition coefficient (Wildman–Crippen LogP) is 0.0274. The van der Waals surface area contributed by atoms with Gasteiger partial charge in [-0.05, 0) is 13.8 Å². The molecule has 0 fully saturated rings. The molecule has 2 heterocycles. The fourth-order valence-corrected chi connectivity index (χ4v) is 1.66. The molecule has 0 spiro atoms. The number of aryl methyl sites for hydroxylation is 1. The van der Waals surface area contributed by atoms with E-state index in [0.717, 1.165) is 6.33 Å². The van der Waals surface area contributed by atoms with Crippen LogP contribution in [0.4, 0.5) is 0 Å². The van der Waals surface area contributed by atoms with Gasteiger partial charge < -0.3 is 19.8 Å². The minimum Gasteiger partial charge on any atom is -0.480 e. The van der Waals surface area contributed by atoms with Gasteiger partial charge in [-0.25, -0.2) is 4.98 Å². The van der Waals surface area contributed by atoms with Gasteiger partial charge in [-0.3, -0.25) is 14.4 Å². The predicted molar refractivity (Wildman–Crippen MR) is 63.9 cm³/mol. The molecule has 1 amide bonds. The molecule has 2 rings (SSSR count). The van der Waals surface area contributed by atoms with Gasteiger partial charge in [0.25, 0.3) is 11.5 Å². The van der Waals surface area contributed by atoms with Gasteiger partial charge in [-0.1, -0.05) is 0 Å². The molecule has 0 unspecified atom stereocenters. The van der Waals surface area contributed by atoms with E-state index >= 15 is 0 Å². The number of hydrogen-bond acceptors (Lipinski definition) is 5. The molecule has 0 radical (unpaired) electrons. The number of aliphatic carboxylic acids is 1. The summed E-state index contributed by atoms with van der Waals surface area (Å²) in [6, 6.07) is -1.08. The third-order valence-corrected chi connectivity index (χ3v) is 2.62. The van der Waals surface area contributed by atoms with Crippen LogP contribution in [0.3, 0.4) is 0 Å². The van der Waals surface area contributed by atoms with Crippen molar-refractivity contribution in [2.45, 2.75) is 19.9 Å². The minimum atomic E-state index is -1.18. The quantitative estimate of drug-likeness (QED) is 0.718. The molecule has 100 valence electrons. The molecule has 2 aromatic rings. The summed E-state index contributed by atoms with van der Waals surface area (Å²) in [6.07, 6.45) is 1.16. The van der Waals surface area contributed by atoms with E-state index < -0.39 is 23.5 Å². The maximum atomic E-state index is 12.0. The van der Waals surface area contributed by atoms with Gasteiger partial charge in [-0.15, -0.1) is 0 Å². The number of carbonyl (C=O) groups excluding carboxylic acids is 1. The lowest BCUT2D eigenvalue weighted by molar-refractivity contribution is -0.138. The number of amides is 1. The van der Waals surface area contributed by atoms with Crippen molar-refractivity contribution in [3.8, 4) is 0 Å². The number of fused-ring (bicyclic) bond motifs is 1. The van der Waals surface area contributed by atoms with Crippen molar-refractivity contribution >= 4 is 23.0 Å². The van der Waals surface area contributed by atoms with Crippen molar-refractivity contribution in [3.05, 3.63) is 28.0 Å². The normalized spacial score (nSPS) is 12.3. The van der Waals surface area contributed by atoms with Crippen LogP contribution in [0.15, 0.2) is 15.5 Å². The van der Waals surface area contributed by atoms with Crippen molar-refractivity contribution in [2.24, 2.45) is 0 Å². The van der Waals surface area contributed by atoms with Crippen LogP contribution in [0.5, 0.6) is 0 Å². The summed E-state index contributed by atoms with van der Waals surface area (Å²) >= 11 is 0. The van der Waals surface area contributed by atoms with E-state index in [1.54, 1.807) is 0 Å². The van der Waals surface area contributed by atoms with E-state index in [-0.39, 0.29) is 22.4 Å². The number of aromatic nitrogens is 2. The number of carboxylic acids is 1. The van der Waals surface area contributed by atoms with Gasteiger partial charge in [0.15, 0.2) is 0 Å². The number of carbonyl (C=O) groups is 2. The number of carboxylic acid groups (broad SMARTS) is 1. The molecule has 2 aromatic heterocycles. The van der Waals surface area contributed by atoms with Crippen LogP contribution < -0.4 is 10.9 Å². The second kappa shape index (κ2) is 4.56. The number of aromatic amines is 1. The lowest BCUT2D eigenvalue weighted by atomic mass is 10.1. The number of hydrogen-bond donors (Lipinski definition) is 3. The van der Waals surface area contributed by atoms with Gasteiger partial charge >= 0.3 is 5.97 Å².